The van der Waals surface area contributed by atoms with E-state index >= 15 is 0 Å². The fraction of sp³-hybridized carbons (Fsp3) is 0.889. The Kier molecular flexibility index (Phi) is 3.39. The van der Waals surface area contributed by atoms with Crippen molar-refractivity contribution in [3.05, 3.63) is 4.91 Å². The summed E-state index contributed by atoms with van der Waals surface area (Å²) in [7, 11) is 1.38. The van der Waals surface area contributed by atoms with Gasteiger partial charge in [0, 0.05) is 0 Å². The first-order chi connectivity index (χ1) is 6.19. The van der Waals surface area contributed by atoms with Gasteiger partial charge in [-0.2, -0.15) is 4.91 Å². The van der Waals surface area contributed by atoms with E-state index in [1.165, 1.54) is 7.11 Å². The van der Waals surface area contributed by atoms with Crippen LogP contribution in [0.2, 0.25) is 0 Å². The molecule has 0 saturated heterocycles. The van der Waals surface area contributed by atoms with Gasteiger partial charge in [-0.1, -0.05) is 12.1 Å². The van der Waals surface area contributed by atoms with E-state index in [2.05, 4.69) is 9.91 Å². The molecule has 0 N–H and O–H groups in total. The topological polar surface area (TPSA) is 55.7 Å². The number of rotatable bonds is 2. The molecule has 0 aromatic rings. The van der Waals surface area contributed by atoms with E-state index in [1.54, 1.807) is 0 Å². The minimum absolute atomic E-state index is 0.121. The minimum Gasteiger partial charge on any atom is -0.469 e. The Hall–Kier alpha value is -0.930. The zero-order valence-corrected chi connectivity index (χ0v) is 8.03. The molecular formula is C9H15NO3. The summed E-state index contributed by atoms with van der Waals surface area (Å²) in [6, 6.07) is -0.210. The molecule has 13 heavy (non-hydrogen) atoms. The molecule has 0 spiro atoms. The average Bonchev–Trinajstić information content (AvgIpc) is 2.17. The Morgan fingerprint density at radius 1 is 1.46 bits per heavy atom. The van der Waals surface area contributed by atoms with E-state index in [0.29, 0.717) is 12.3 Å². The van der Waals surface area contributed by atoms with Crippen LogP contribution in [0.25, 0.3) is 0 Å². The summed E-state index contributed by atoms with van der Waals surface area (Å²) >= 11 is 0. The van der Waals surface area contributed by atoms with Gasteiger partial charge in [-0.25, -0.2) is 0 Å². The summed E-state index contributed by atoms with van der Waals surface area (Å²) in [5.74, 6) is -0.0251. The predicted molar refractivity (Wildman–Crippen MR) is 48.1 cm³/mol. The van der Waals surface area contributed by atoms with Gasteiger partial charge in [0.25, 0.3) is 0 Å². The molecule has 3 unspecified atom stereocenters. The minimum atomic E-state index is -0.210. The standard InChI is InChI=1S/C9H15NO3/c1-6-3-4-7(9(11)13-2)5-8(6)10-12/h6-8H,3-5H2,1-2H3. The Labute approximate surface area is 77.6 Å². The average molecular weight is 185 g/mol. The molecule has 1 rings (SSSR count). The van der Waals surface area contributed by atoms with Crippen LogP contribution in [0.4, 0.5) is 0 Å². The molecule has 0 aromatic carbocycles. The van der Waals surface area contributed by atoms with Gasteiger partial charge in [-0.3, -0.25) is 4.79 Å². The maximum atomic E-state index is 11.2. The van der Waals surface area contributed by atoms with E-state index in [9.17, 15) is 9.70 Å². The summed E-state index contributed by atoms with van der Waals surface area (Å²) < 4.78 is 4.64. The van der Waals surface area contributed by atoms with E-state index in [-0.39, 0.29) is 17.9 Å². The van der Waals surface area contributed by atoms with Gasteiger partial charge in [-0.05, 0) is 25.2 Å². The first-order valence-corrected chi connectivity index (χ1v) is 4.59. The number of carbonyl (C=O) groups excluding carboxylic acids is 1. The molecular weight excluding hydrogens is 170 g/mol. The van der Waals surface area contributed by atoms with Crippen molar-refractivity contribution in [2.24, 2.45) is 17.0 Å². The number of nitrogens with zero attached hydrogens (tertiary/aromatic N) is 1. The largest absolute Gasteiger partial charge is 0.469 e. The quantitative estimate of drug-likeness (QED) is 0.486. The number of ether oxygens (including phenoxy) is 1. The first-order valence-electron chi connectivity index (χ1n) is 4.59. The molecule has 4 nitrogen and oxygen atoms in total. The number of carbonyl (C=O) groups is 1. The Morgan fingerprint density at radius 2 is 2.15 bits per heavy atom. The highest BCUT2D eigenvalue weighted by Crippen LogP contribution is 2.31. The number of nitroso groups, excluding NO2 is 1. The molecule has 0 bridgehead atoms. The second-order valence-corrected chi connectivity index (χ2v) is 3.68. The fourth-order valence-corrected chi connectivity index (χ4v) is 1.83. The van der Waals surface area contributed by atoms with Gasteiger partial charge in [0.15, 0.2) is 0 Å². The Balaban J connectivity index is 2.54. The number of methoxy groups -OCH3 is 1. The van der Waals surface area contributed by atoms with Crippen molar-refractivity contribution in [3.8, 4) is 0 Å². The molecule has 0 radical (unpaired) electrons. The van der Waals surface area contributed by atoms with Crippen molar-refractivity contribution in [2.75, 3.05) is 7.11 Å². The molecule has 3 atom stereocenters. The molecule has 1 aliphatic carbocycles. The van der Waals surface area contributed by atoms with Gasteiger partial charge in [0.2, 0.25) is 0 Å². The zero-order valence-electron chi connectivity index (χ0n) is 8.03. The van der Waals surface area contributed by atoms with Crippen LogP contribution in [0.3, 0.4) is 0 Å². The van der Waals surface area contributed by atoms with Crippen LogP contribution in [0, 0.1) is 16.7 Å². The molecule has 4 heteroatoms. The van der Waals surface area contributed by atoms with Crippen molar-refractivity contribution in [3.63, 3.8) is 0 Å². The van der Waals surface area contributed by atoms with Crippen LogP contribution in [0.5, 0.6) is 0 Å². The van der Waals surface area contributed by atoms with Crippen molar-refractivity contribution in [1.29, 1.82) is 0 Å². The number of hydrogen-bond donors (Lipinski definition) is 0. The maximum absolute atomic E-state index is 11.2. The van der Waals surface area contributed by atoms with Crippen molar-refractivity contribution < 1.29 is 9.53 Å². The van der Waals surface area contributed by atoms with Gasteiger partial charge in [0.1, 0.15) is 0 Å². The van der Waals surface area contributed by atoms with E-state index in [0.717, 1.165) is 12.8 Å². The van der Waals surface area contributed by atoms with Crippen LogP contribution in [-0.2, 0) is 9.53 Å². The lowest BCUT2D eigenvalue weighted by Crippen LogP contribution is -2.30. The fourth-order valence-electron chi connectivity index (χ4n) is 1.83. The third-order valence-corrected chi connectivity index (χ3v) is 2.82. The lowest BCUT2D eigenvalue weighted by Gasteiger charge is -2.28. The summed E-state index contributed by atoms with van der Waals surface area (Å²) in [5.41, 5.74) is 0. The van der Waals surface area contributed by atoms with E-state index < -0.39 is 0 Å². The molecule has 74 valence electrons. The van der Waals surface area contributed by atoms with Crippen LogP contribution < -0.4 is 0 Å². The second-order valence-electron chi connectivity index (χ2n) is 3.68. The highest BCUT2D eigenvalue weighted by molar-refractivity contribution is 5.72. The van der Waals surface area contributed by atoms with Crippen LogP contribution in [0.15, 0.2) is 5.18 Å². The summed E-state index contributed by atoms with van der Waals surface area (Å²) in [5, 5.41) is 3.04. The monoisotopic (exact) mass is 185 g/mol. The van der Waals surface area contributed by atoms with E-state index in [4.69, 9.17) is 0 Å². The van der Waals surface area contributed by atoms with E-state index in [1.807, 2.05) is 6.92 Å². The molecule has 1 aliphatic rings. The molecule has 0 aliphatic heterocycles. The second kappa shape index (κ2) is 4.35. The van der Waals surface area contributed by atoms with Gasteiger partial charge < -0.3 is 4.74 Å². The van der Waals surface area contributed by atoms with Gasteiger partial charge in [0.05, 0.1) is 19.1 Å². The highest BCUT2D eigenvalue weighted by Gasteiger charge is 2.32. The summed E-state index contributed by atoms with van der Waals surface area (Å²) in [6.07, 6.45) is 2.26. The zero-order chi connectivity index (χ0) is 9.84. The normalized spacial score (nSPS) is 33.8. The number of esters is 1. The van der Waals surface area contributed by atoms with Gasteiger partial charge in [-0.15, -0.1) is 0 Å². The molecule has 1 saturated carbocycles. The lowest BCUT2D eigenvalue weighted by molar-refractivity contribution is -0.147. The maximum Gasteiger partial charge on any atom is 0.308 e. The van der Waals surface area contributed by atoms with Crippen LogP contribution in [0.1, 0.15) is 26.2 Å². The van der Waals surface area contributed by atoms with Crippen molar-refractivity contribution in [2.45, 2.75) is 32.2 Å². The molecule has 0 amide bonds. The molecule has 1 fully saturated rings. The predicted octanol–water partition coefficient (Wildman–Crippen LogP) is 1.73. The number of hydrogen-bond acceptors (Lipinski definition) is 4. The van der Waals surface area contributed by atoms with Crippen molar-refractivity contribution >= 4 is 5.97 Å². The highest BCUT2D eigenvalue weighted by atomic mass is 16.5. The lowest BCUT2D eigenvalue weighted by atomic mass is 9.79. The SMILES string of the molecule is COC(=O)C1CCC(C)C(N=O)C1. The third kappa shape index (κ3) is 2.26. The van der Waals surface area contributed by atoms with Gasteiger partial charge >= 0.3 is 5.97 Å². The molecule has 0 heterocycles. The van der Waals surface area contributed by atoms with Crippen LogP contribution >= 0.6 is 0 Å². The summed E-state index contributed by atoms with van der Waals surface area (Å²) in [4.78, 5) is 21.6. The molecule has 0 aromatic heterocycles. The third-order valence-electron chi connectivity index (χ3n) is 2.82. The Morgan fingerprint density at radius 3 is 2.69 bits per heavy atom. The smallest absolute Gasteiger partial charge is 0.308 e. The Bertz CT molecular complexity index is 205. The first kappa shape index (κ1) is 10.2. The summed E-state index contributed by atoms with van der Waals surface area (Å²) in [6.45, 7) is 2.00. The van der Waals surface area contributed by atoms with Crippen LogP contribution in [-0.4, -0.2) is 19.1 Å². The van der Waals surface area contributed by atoms with Crippen molar-refractivity contribution in [1.82, 2.24) is 0 Å².